The predicted molar refractivity (Wildman–Crippen MR) is 120 cm³/mol. The zero-order chi connectivity index (χ0) is 25.6. The summed E-state index contributed by atoms with van der Waals surface area (Å²) in [5.74, 6) is -3.74. The number of aryl methyl sites for hydroxylation is 1. The summed E-state index contributed by atoms with van der Waals surface area (Å²) in [6.45, 7) is 1.65. The van der Waals surface area contributed by atoms with Gasteiger partial charge in [0.05, 0.1) is 6.61 Å². The number of alkyl halides is 3. The molecule has 0 spiro atoms. The summed E-state index contributed by atoms with van der Waals surface area (Å²) in [6, 6.07) is 6.67. The highest BCUT2D eigenvalue weighted by molar-refractivity contribution is 5.99. The van der Waals surface area contributed by atoms with E-state index in [0.29, 0.717) is 16.7 Å². The predicted octanol–water partition coefficient (Wildman–Crippen LogP) is 1.49. The lowest BCUT2D eigenvalue weighted by Crippen LogP contribution is -2.50. The van der Waals surface area contributed by atoms with E-state index in [4.69, 9.17) is 10.5 Å². The van der Waals surface area contributed by atoms with Gasteiger partial charge in [0.25, 0.3) is 5.56 Å². The first-order valence-corrected chi connectivity index (χ1v) is 10.3. The number of aromatic nitrogens is 2. The van der Waals surface area contributed by atoms with E-state index < -0.39 is 53.8 Å². The number of hydrogen-bond acceptors (Lipinski definition) is 6. The van der Waals surface area contributed by atoms with Crippen LogP contribution in [0.1, 0.15) is 18.9 Å². The second-order valence-electron chi connectivity index (χ2n) is 7.42. The SMILES string of the molecule is CCCn1c(N)c(N(CCOC)C(=O)C(F)(F)F)c(=O)n(CC(=O)Nc2ccc(C)cc2)c1=O. The Morgan fingerprint density at radius 2 is 1.76 bits per heavy atom. The van der Waals surface area contributed by atoms with Gasteiger partial charge in [-0.2, -0.15) is 13.2 Å². The van der Waals surface area contributed by atoms with Crippen LogP contribution in [0.25, 0.3) is 0 Å². The van der Waals surface area contributed by atoms with E-state index in [1.165, 1.54) is 7.11 Å². The number of rotatable bonds is 9. The van der Waals surface area contributed by atoms with Crippen LogP contribution in [0, 0.1) is 6.92 Å². The standard InChI is InChI=1S/C21H26F3N5O5/c1-4-9-28-17(25)16(27(10-11-34-3)19(32)21(22,23)24)18(31)29(20(28)33)12-15(30)26-14-7-5-13(2)6-8-14/h5-8H,4,9-12,25H2,1-3H3,(H,26,30). The number of benzene rings is 1. The molecule has 1 heterocycles. The van der Waals surface area contributed by atoms with Crippen molar-refractivity contribution in [3.05, 3.63) is 50.7 Å². The highest BCUT2D eigenvalue weighted by atomic mass is 19.4. The first-order valence-electron chi connectivity index (χ1n) is 10.3. The Hall–Kier alpha value is -3.61. The molecular weight excluding hydrogens is 459 g/mol. The quantitative estimate of drug-likeness (QED) is 0.554. The third-order valence-corrected chi connectivity index (χ3v) is 4.80. The average Bonchev–Trinajstić information content (AvgIpc) is 2.77. The van der Waals surface area contributed by atoms with Crippen LogP contribution in [-0.4, -0.2) is 47.4 Å². The van der Waals surface area contributed by atoms with Gasteiger partial charge >= 0.3 is 17.8 Å². The molecule has 2 amide bonds. The van der Waals surface area contributed by atoms with E-state index in [0.717, 1.165) is 10.1 Å². The number of amides is 2. The first-order chi connectivity index (χ1) is 15.9. The van der Waals surface area contributed by atoms with Gasteiger partial charge in [-0.1, -0.05) is 24.6 Å². The molecule has 2 aromatic rings. The number of nitrogens with two attached hydrogens (primary N) is 1. The minimum absolute atomic E-state index is 0.0597. The number of carbonyl (C=O) groups is 2. The highest BCUT2D eigenvalue weighted by Crippen LogP contribution is 2.25. The third kappa shape index (κ3) is 6.04. The molecule has 186 valence electrons. The van der Waals surface area contributed by atoms with Crippen LogP contribution in [0.3, 0.4) is 0 Å². The van der Waals surface area contributed by atoms with E-state index in [2.05, 4.69) is 5.32 Å². The number of anilines is 3. The van der Waals surface area contributed by atoms with Crippen molar-refractivity contribution in [3.8, 4) is 0 Å². The van der Waals surface area contributed by atoms with Crippen molar-refractivity contribution < 1.29 is 27.5 Å². The van der Waals surface area contributed by atoms with Crippen molar-refractivity contribution in [1.82, 2.24) is 9.13 Å². The summed E-state index contributed by atoms with van der Waals surface area (Å²) >= 11 is 0. The number of hydrogen-bond donors (Lipinski definition) is 2. The Morgan fingerprint density at radius 1 is 1.15 bits per heavy atom. The molecule has 0 saturated heterocycles. The van der Waals surface area contributed by atoms with Gasteiger partial charge in [0.15, 0.2) is 5.69 Å². The van der Waals surface area contributed by atoms with Crippen molar-refractivity contribution in [1.29, 1.82) is 0 Å². The van der Waals surface area contributed by atoms with Crippen molar-refractivity contribution in [2.24, 2.45) is 0 Å². The molecule has 0 atom stereocenters. The van der Waals surface area contributed by atoms with Gasteiger partial charge < -0.3 is 15.8 Å². The minimum atomic E-state index is -5.33. The molecule has 3 N–H and O–H groups in total. The van der Waals surface area contributed by atoms with Gasteiger partial charge in [-0.05, 0) is 25.5 Å². The molecule has 1 aromatic carbocycles. The van der Waals surface area contributed by atoms with Crippen molar-refractivity contribution >= 4 is 29.0 Å². The van der Waals surface area contributed by atoms with E-state index in [1.54, 1.807) is 31.2 Å². The number of carbonyl (C=O) groups excluding carboxylic acids is 2. The zero-order valence-corrected chi connectivity index (χ0v) is 18.9. The van der Waals surface area contributed by atoms with E-state index >= 15 is 0 Å². The Bertz CT molecular complexity index is 1160. The summed E-state index contributed by atoms with van der Waals surface area (Å²) in [5, 5.41) is 2.51. The maximum atomic E-state index is 13.3. The number of methoxy groups -OCH3 is 1. The van der Waals surface area contributed by atoms with Crippen molar-refractivity contribution in [2.45, 2.75) is 39.5 Å². The van der Waals surface area contributed by atoms with Crippen LogP contribution in [0.4, 0.5) is 30.4 Å². The molecule has 0 fully saturated rings. The zero-order valence-electron chi connectivity index (χ0n) is 18.9. The lowest BCUT2D eigenvalue weighted by Gasteiger charge is -2.26. The second-order valence-corrected chi connectivity index (χ2v) is 7.42. The van der Waals surface area contributed by atoms with Gasteiger partial charge in [-0.25, -0.2) is 9.36 Å². The average molecular weight is 485 g/mol. The number of nitrogens with zero attached hydrogens (tertiary/aromatic N) is 3. The van der Waals surface area contributed by atoms with E-state index in [9.17, 15) is 32.3 Å². The monoisotopic (exact) mass is 485 g/mol. The maximum Gasteiger partial charge on any atom is 0.471 e. The lowest BCUT2D eigenvalue weighted by molar-refractivity contribution is -0.170. The second kappa shape index (κ2) is 11.0. The molecule has 0 bridgehead atoms. The minimum Gasteiger partial charge on any atom is -0.383 e. The van der Waals surface area contributed by atoms with Crippen molar-refractivity contribution in [3.63, 3.8) is 0 Å². The molecule has 0 unspecified atom stereocenters. The summed E-state index contributed by atoms with van der Waals surface area (Å²) < 4.78 is 45.9. The highest BCUT2D eigenvalue weighted by Gasteiger charge is 2.44. The smallest absolute Gasteiger partial charge is 0.383 e. The van der Waals surface area contributed by atoms with Crippen LogP contribution >= 0.6 is 0 Å². The molecule has 0 aliphatic carbocycles. The van der Waals surface area contributed by atoms with Crippen LogP contribution in [0.5, 0.6) is 0 Å². The van der Waals surface area contributed by atoms with Crippen LogP contribution in [0.15, 0.2) is 33.9 Å². The molecule has 0 radical (unpaired) electrons. The summed E-state index contributed by atoms with van der Waals surface area (Å²) in [4.78, 5) is 50.8. The molecule has 2 rings (SSSR count). The number of ether oxygens (including phenoxy) is 1. The van der Waals surface area contributed by atoms with Gasteiger partial charge in [-0.3, -0.25) is 23.9 Å². The van der Waals surface area contributed by atoms with Crippen LogP contribution in [-0.2, 0) is 27.4 Å². The molecule has 13 heteroatoms. The topological polar surface area (TPSA) is 129 Å². The number of nitrogens with one attached hydrogen (secondary N) is 1. The molecular formula is C21H26F3N5O5. The fraction of sp³-hybridized carbons (Fsp3) is 0.429. The molecule has 1 aromatic heterocycles. The van der Waals surface area contributed by atoms with Gasteiger partial charge in [0, 0.05) is 25.9 Å². The maximum absolute atomic E-state index is 13.3. The molecule has 34 heavy (non-hydrogen) atoms. The molecule has 0 saturated carbocycles. The Labute approximate surface area is 192 Å². The van der Waals surface area contributed by atoms with Crippen LogP contribution in [0.2, 0.25) is 0 Å². The normalized spacial score (nSPS) is 11.4. The fourth-order valence-corrected chi connectivity index (χ4v) is 3.17. The lowest BCUT2D eigenvalue weighted by atomic mass is 10.2. The summed E-state index contributed by atoms with van der Waals surface area (Å²) in [7, 11) is 1.20. The Morgan fingerprint density at radius 3 is 2.29 bits per heavy atom. The fourth-order valence-electron chi connectivity index (χ4n) is 3.17. The van der Waals surface area contributed by atoms with E-state index in [1.807, 2.05) is 6.92 Å². The number of nitrogen functional groups attached to an aromatic ring is 1. The Kier molecular flexibility index (Phi) is 8.62. The largest absolute Gasteiger partial charge is 0.471 e. The van der Waals surface area contributed by atoms with E-state index in [-0.39, 0.29) is 18.1 Å². The van der Waals surface area contributed by atoms with Gasteiger partial charge in [0.1, 0.15) is 12.4 Å². The first kappa shape index (κ1) is 26.6. The Balaban J connectivity index is 2.61. The molecule has 0 aliphatic heterocycles. The number of halogens is 3. The van der Waals surface area contributed by atoms with Crippen molar-refractivity contribution in [2.75, 3.05) is 36.2 Å². The summed E-state index contributed by atoms with van der Waals surface area (Å²) in [5.41, 5.74) is 4.09. The molecule has 0 aliphatic rings. The summed E-state index contributed by atoms with van der Waals surface area (Å²) in [6.07, 6.45) is -4.99. The van der Waals surface area contributed by atoms with Gasteiger partial charge in [-0.15, -0.1) is 0 Å². The van der Waals surface area contributed by atoms with Gasteiger partial charge in [0.2, 0.25) is 5.91 Å². The third-order valence-electron chi connectivity index (χ3n) is 4.80. The molecule has 10 nitrogen and oxygen atoms in total. The van der Waals surface area contributed by atoms with Crippen LogP contribution < -0.4 is 27.2 Å².